The molecule has 0 aliphatic carbocycles. The molecule has 0 fully saturated rings. The van der Waals surface area contributed by atoms with Gasteiger partial charge in [0, 0.05) is 24.0 Å². The highest BCUT2D eigenvalue weighted by atomic mass is 16.5. The molecule has 4 heteroatoms. The number of nitrogens with one attached hydrogen (secondary N) is 1. The number of para-hydroxylation sites is 1. The molecule has 4 nitrogen and oxygen atoms in total. The lowest BCUT2D eigenvalue weighted by atomic mass is 10.0. The number of hydrogen-bond acceptors (Lipinski definition) is 4. The molecule has 0 spiro atoms. The van der Waals surface area contributed by atoms with Crippen LogP contribution in [0.4, 0.5) is 5.69 Å². The quantitative estimate of drug-likeness (QED) is 0.883. The molecule has 2 heterocycles. The number of nitrogens with zero attached hydrogens (tertiary/aromatic N) is 1. The number of benzene rings is 1. The number of ether oxygens (including phenoxy) is 1. The van der Waals surface area contributed by atoms with Gasteiger partial charge in [0.2, 0.25) is 0 Å². The average Bonchev–Trinajstić information content (AvgIpc) is 2.94. The van der Waals surface area contributed by atoms with Gasteiger partial charge in [0.25, 0.3) is 0 Å². The third-order valence-electron chi connectivity index (χ3n) is 3.45. The van der Waals surface area contributed by atoms with Crippen LogP contribution in [0, 0.1) is 0 Å². The SMILES string of the molecule is COc1cccnc1C(O)c1cccc2c1NCC2. The first-order chi connectivity index (χ1) is 9.31. The van der Waals surface area contributed by atoms with Crippen molar-refractivity contribution in [3.63, 3.8) is 0 Å². The molecule has 0 amide bonds. The zero-order valence-corrected chi connectivity index (χ0v) is 10.8. The van der Waals surface area contributed by atoms with Crippen molar-refractivity contribution in [2.45, 2.75) is 12.5 Å². The predicted octanol–water partition coefficient (Wildman–Crippen LogP) is 2.14. The summed E-state index contributed by atoms with van der Waals surface area (Å²) in [5.74, 6) is 0.602. The molecule has 19 heavy (non-hydrogen) atoms. The Bertz CT molecular complexity index is 598. The molecular weight excluding hydrogens is 240 g/mol. The van der Waals surface area contributed by atoms with E-state index >= 15 is 0 Å². The lowest BCUT2D eigenvalue weighted by Gasteiger charge is -2.17. The van der Waals surface area contributed by atoms with Crippen LogP contribution >= 0.6 is 0 Å². The highest BCUT2D eigenvalue weighted by molar-refractivity contribution is 5.63. The van der Waals surface area contributed by atoms with E-state index in [0.717, 1.165) is 24.2 Å². The van der Waals surface area contributed by atoms with E-state index < -0.39 is 6.10 Å². The second-order valence-corrected chi connectivity index (χ2v) is 4.55. The van der Waals surface area contributed by atoms with Crippen LogP contribution in [0.15, 0.2) is 36.5 Å². The maximum absolute atomic E-state index is 10.6. The standard InChI is InChI=1S/C15H16N2O2/c1-19-12-6-3-8-16-14(12)15(18)11-5-2-4-10-7-9-17-13(10)11/h2-6,8,15,17-18H,7,9H2,1H3. The first-order valence-corrected chi connectivity index (χ1v) is 6.34. The minimum absolute atomic E-state index is 0.548. The molecule has 1 atom stereocenters. The summed E-state index contributed by atoms with van der Waals surface area (Å²) >= 11 is 0. The normalized spacial score (nSPS) is 14.6. The summed E-state index contributed by atoms with van der Waals surface area (Å²) in [6, 6.07) is 9.59. The van der Waals surface area contributed by atoms with Gasteiger partial charge in [-0.3, -0.25) is 4.98 Å². The monoisotopic (exact) mass is 256 g/mol. The van der Waals surface area contributed by atoms with Crippen LogP contribution in [0.1, 0.15) is 22.9 Å². The smallest absolute Gasteiger partial charge is 0.143 e. The van der Waals surface area contributed by atoms with Crippen molar-refractivity contribution in [1.82, 2.24) is 4.98 Å². The van der Waals surface area contributed by atoms with Crippen LogP contribution in [0.3, 0.4) is 0 Å². The van der Waals surface area contributed by atoms with Crippen molar-refractivity contribution < 1.29 is 9.84 Å². The van der Waals surface area contributed by atoms with Gasteiger partial charge in [-0.1, -0.05) is 18.2 Å². The Morgan fingerprint density at radius 3 is 3.05 bits per heavy atom. The summed E-state index contributed by atoms with van der Waals surface area (Å²) in [4.78, 5) is 4.25. The Labute approximate surface area is 112 Å². The molecule has 2 N–H and O–H groups in total. The van der Waals surface area contributed by atoms with E-state index in [1.807, 2.05) is 18.2 Å². The Morgan fingerprint density at radius 2 is 2.21 bits per heavy atom. The molecule has 0 saturated carbocycles. The number of aliphatic hydroxyl groups is 1. The van der Waals surface area contributed by atoms with Crippen LogP contribution in [0.2, 0.25) is 0 Å². The topological polar surface area (TPSA) is 54.4 Å². The van der Waals surface area contributed by atoms with Crippen molar-refractivity contribution in [3.05, 3.63) is 53.3 Å². The van der Waals surface area contributed by atoms with Crippen LogP contribution in [-0.2, 0) is 6.42 Å². The maximum atomic E-state index is 10.6. The largest absolute Gasteiger partial charge is 0.495 e. The molecule has 1 aromatic carbocycles. The van der Waals surface area contributed by atoms with Gasteiger partial charge in [0.05, 0.1) is 7.11 Å². The fourth-order valence-electron chi connectivity index (χ4n) is 2.52. The van der Waals surface area contributed by atoms with Crippen LogP contribution in [-0.4, -0.2) is 23.7 Å². The Balaban J connectivity index is 2.05. The van der Waals surface area contributed by atoms with Crippen LogP contribution in [0.5, 0.6) is 5.75 Å². The third kappa shape index (κ3) is 2.04. The fraction of sp³-hybridized carbons (Fsp3) is 0.267. The summed E-state index contributed by atoms with van der Waals surface area (Å²) in [5, 5.41) is 13.9. The van der Waals surface area contributed by atoms with Crippen molar-refractivity contribution in [1.29, 1.82) is 0 Å². The number of fused-ring (bicyclic) bond motifs is 1. The molecule has 0 saturated heterocycles. The van der Waals surface area contributed by atoms with Crippen molar-refractivity contribution in [3.8, 4) is 5.75 Å². The molecule has 98 valence electrons. The van der Waals surface area contributed by atoms with Crippen molar-refractivity contribution in [2.24, 2.45) is 0 Å². The molecule has 1 unspecified atom stereocenters. The Morgan fingerprint density at radius 1 is 1.32 bits per heavy atom. The third-order valence-corrected chi connectivity index (χ3v) is 3.45. The molecule has 0 bridgehead atoms. The molecule has 2 aromatic rings. The molecular formula is C15H16N2O2. The van der Waals surface area contributed by atoms with E-state index in [9.17, 15) is 5.11 Å². The molecule has 0 radical (unpaired) electrons. The lowest BCUT2D eigenvalue weighted by Crippen LogP contribution is -2.07. The van der Waals surface area contributed by atoms with E-state index in [2.05, 4.69) is 16.4 Å². The van der Waals surface area contributed by atoms with E-state index in [1.165, 1.54) is 5.56 Å². The molecule has 1 aliphatic rings. The summed E-state index contributed by atoms with van der Waals surface area (Å²) in [6.45, 7) is 0.915. The lowest BCUT2D eigenvalue weighted by molar-refractivity contribution is 0.210. The van der Waals surface area contributed by atoms with E-state index in [4.69, 9.17) is 4.74 Å². The first kappa shape index (κ1) is 12.0. The summed E-state index contributed by atoms with van der Waals surface area (Å²) in [5.41, 5.74) is 3.67. The highest BCUT2D eigenvalue weighted by Crippen LogP contribution is 2.35. The summed E-state index contributed by atoms with van der Waals surface area (Å²) in [6.07, 6.45) is 1.88. The average molecular weight is 256 g/mol. The van der Waals surface area contributed by atoms with Crippen molar-refractivity contribution in [2.75, 3.05) is 19.0 Å². The zero-order valence-electron chi connectivity index (χ0n) is 10.8. The van der Waals surface area contributed by atoms with E-state index in [0.29, 0.717) is 11.4 Å². The second-order valence-electron chi connectivity index (χ2n) is 4.55. The minimum atomic E-state index is -0.781. The second kappa shape index (κ2) is 4.90. The summed E-state index contributed by atoms with van der Waals surface area (Å²) in [7, 11) is 1.58. The Hall–Kier alpha value is -2.07. The van der Waals surface area contributed by atoms with Gasteiger partial charge in [-0.2, -0.15) is 0 Å². The van der Waals surface area contributed by atoms with Gasteiger partial charge in [0.1, 0.15) is 17.5 Å². The number of methoxy groups -OCH3 is 1. The molecule has 1 aliphatic heterocycles. The number of aromatic nitrogens is 1. The number of anilines is 1. The summed E-state index contributed by atoms with van der Waals surface area (Å²) < 4.78 is 5.26. The number of pyridine rings is 1. The van der Waals surface area contributed by atoms with Gasteiger partial charge < -0.3 is 15.2 Å². The van der Waals surface area contributed by atoms with Gasteiger partial charge in [-0.25, -0.2) is 0 Å². The van der Waals surface area contributed by atoms with Gasteiger partial charge in [0.15, 0.2) is 0 Å². The molecule has 3 rings (SSSR count). The zero-order chi connectivity index (χ0) is 13.2. The van der Waals surface area contributed by atoms with E-state index in [-0.39, 0.29) is 0 Å². The van der Waals surface area contributed by atoms with Gasteiger partial charge in [-0.05, 0) is 24.1 Å². The van der Waals surface area contributed by atoms with Crippen LogP contribution in [0.25, 0.3) is 0 Å². The van der Waals surface area contributed by atoms with E-state index in [1.54, 1.807) is 19.4 Å². The van der Waals surface area contributed by atoms with Gasteiger partial charge in [-0.15, -0.1) is 0 Å². The van der Waals surface area contributed by atoms with Crippen molar-refractivity contribution >= 4 is 5.69 Å². The Kier molecular flexibility index (Phi) is 3.09. The van der Waals surface area contributed by atoms with Gasteiger partial charge >= 0.3 is 0 Å². The van der Waals surface area contributed by atoms with Crippen LogP contribution < -0.4 is 10.1 Å². The fourth-order valence-corrected chi connectivity index (χ4v) is 2.52. The number of aliphatic hydroxyl groups excluding tert-OH is 1. The minimum Gasteiger partial charge on any atom is -0.495 e. The first-order valence-electron chi connectivity index (χ1n) is 6.34. The number of rotatable bonds is 3. The number of hydrogen-bond donors (Lipinski definition) is 2. The maximum Gasteiger partial charge on any atom is 0.143 e. The molecule has 1 aromatic heterocycles. The highest BCUT2D eigenvalue weighted by Gasteiger charge is 2.23. The predicted molar refractivity (Wildman–Crippen MR) is 73.5 cm³/mol.